The topological polar surface area (TPSA) is 45.4 Å². The van der Waals surface area contributed by atoms with Gasteiger partial charge in [-0.15, -0.1) is 0 Å². The fraction of sp³-hybridized carbons (Fsp3) is 0.438. The third-order valence-electron chi connectivity index (χ3n) is 4.30. The molecule has 5 heteroatoms. The Kier molecular flexibility index (Phi) is 4.29. The van der Waals surface area contributed by atoms with Crippen molar-refractivity contribution in [2.45, 2.75) is 13.0 Å². The molecule has 2 aromatic rings. The van der Waals surface area contributed by atoms with Gasteiger partial charge < -0.3 is 10.6 Å². The Morgan fingerprint density at radius 3 is 2.71 bits per heavy atom. The Hall–Kier alpha value is -1.36. The van der Waals surface area contributed by atoms with E-state index in [-0.39, 0.29) is 0 Å². The summed E-state index contributed by atoms with van der Waals surface area (Å²) in [5.74, 6) is 0. The van der Waals surface area contributed by atoms with Crippen LogP contribution in [0.2, 0.25) is 5.02 Å². The van der Waals surface area contributed by atoms with Gasteiger partial charge in [0, 0.05) is 61.1 Å². The largest absolute Gasteiger partial charge is 0.368 e. The molecule has 1 atom stereocenters. The van der Waals surface area contributed by atoms with Gasteiger partial charge in [-0.3, -0.25) is 9.88 Å². The normalized spacial score (nSPS) is 18.1. The summed E-state index contributed by atoms with van der Waals surface area (Å²) in [4.78, 5) is 9.30. The number of aromatic nitrogens is 1. The maximum atomic E-state index is 6.05. The fourth-order valence-corrected chi connectivity index (χ4v) is 3.10. The van der Waals surface area contributed by atoms with E-state index in [1.54, 1.807) is 0 Å². The van der Waals surface area contributed by atoms with Crippen molar-refractivity contribution in [2.75, 3.05) is 37.6 Å². The Morgan fingerprint density at radius 1 is 1.24 bits per heavy atom. The Morgan fingerprint density at radius 2 is 2.00 bits per heavy atom. The monoisotopic (exact) mass is 304 g/mol. The quantitative estimate of drug-likeness (QED) is 0.945. The van der Waals surface area contributed by atoms with Crippen molar-refractivity contribution in [2.24, 2.45) is 5.73 Å². The highest BCUT2D eigenvalue weighted by atomic mass is 35.5. The van der Waals surface area contributed by atoms with Crippen molar-refractivity contribution in [1.29, 1.82) is 0 Å². The zero-order valence-electron chi connectivity index (χ0n) is 12.3. The molecular formula is C16H21ClN4. The van der Waals surface area contributed by atoms with Crippen LogP contribution in [0.5, 0.6) is 0 Å². The van der Waals surface area contributed by atoms with Crippen LogP contribution in [0.15, 0.2) is 30.5 Å². The minimum atomic E-state index is 0.458. The van der Waals surface area contributed by atoms with E-state index in [0.29, 0.717) is 6.04 Å². The van der Waals surface area contributed by atoms with Crippen LogP contribution in [-0.4, -0.2) is 48.6 Å². The van der Waals surface area contributed by atoms with E-state index in [2.05, 4.69) is 33.8 Å². The van der Waals surface area contributed by atoms with Crippen LogP contribution in [0, 0.1) is 0 Å². The maximum absolute atomic E-state index is 6.05. The summed E-state index contributed by atoms with van der Waals surface area (Å²) in [6.07, 6.45) is 1.86. The molecule has 0 aliphatic carbocycles. The average molecular weight is 305 g/mol. The molecule has 1 aliphatic rings. The predicted octanol–water partition coefficient (Wildman–Crippen LogP) is 2.36. The second-order valence-corrected chi connectivity index (χ2v) is 6.04. The zero-order valence-corrected chi connectivity index (χ0v) is 13.1. The number of fused-ring (bicyclic) bond motifs is 1. The minimum Gasteiger partial charge on any atom is -0.368 e. The number of nitrogens with two attached hydrogens (primary N) is 1. The summed E-state index contributed by atoms with van der Waals surface area (Å²) < 4.78 is 0. The van der Waals surface area contributed by atoms with E-state index < -0.39 is 0 Å². The lowest BCUT2D eigenvalue weighted by molar-refractivity contribution is 0.201. The lowest BCUT2D eigenvalue weighted by Gasteiger charge is -2.39. The van der Waals surface area contributed by atoms with Crippen LogP contribution < -0.4 is 10.6 Å². The molecule has 1 fully saturated rings. The number of hydrogen-bond acceptors (Lipinski definition) is 4. The first-order chi connectivity index (χ1) is 10.2. The third-order valence-corrected chi connectivity index (χ3v) is 4.54. The number of nitrogens with zero attached hydrogens (tertiary/aromatic N) is 3. The molecule has 2 heterocycles. The molecule has 21 heavy (non-hydrogen) atoms. The summed E-state index contributed by atoms with van der Waals surface area (Å²) in [5, 5.41) is 1.90. The molecule has 0 radical (unpaired) electrons. The Balaban J connectivity index is 1.82. The van der Waals surface area contributed by atoms with Crippen LogP contribution in [-0.2, 0) is 0 Å². The molecule has 4 nitrogen and oxygen atoms in total. The number of pyridine rings is 1. The van der Waals surface area contributed by atoms with Crippen molar-refractivity contribution >= 4 is 28.2 Å². The van der Waals surface area contributed by atoms with Crippen molar-refractivity contribution < 1.29 is 0 Å². The van der Waals surface area contributed by atoms with Crippen molar-refractivity contribution in [3.8, 4) is 0 Å². The van der Waals surface area contributed by atoms with Crippen LogP contribution in [0.1, 0.15) is 6.92 Å². The number of rotatable bonds is 3. The van der Waals surface area contributed by atoms with Gasteiger partial charge in [-0.2, -0.15) is 0 Å². The summed E-state index contributed by atoms with van der Waals surface area (Å²) in [6.45, 7) is 7.06. The second-order valence-electron chi connectivity index (χ2n) is 5.60. The van der Waals surface area contributed by atoms with E-state index >= 15 is 0 Å². The van der Waals surface area contributed by atoms with Gasteiger partial charge in [0.2, 0.25) is 0 Å². The number of piperazine rings is 1. The zero-order chi connectivity index (χ0) is 14.8. The Labute approximate surface area is 130 Å². The molecule has 1 unspecified atom stereocenters. The SMILES string of the molecule is CC(CN)N1CCN(c2ccnc3cc(Cl)ccc23)CC1. The predicted molar refractivity (Wildman–Crippen MR) is 89.1 cm³/mol. The standard InChI is InChI=1S/C16H21ClN4/c1-12(11-18)20-6-8-21(9-7-20)16-4-5-19-15-10-13(17)2-3-14(15)16/h2-5,10,12H,6-9,11,18H2,1H3. The van der Waals surface area contributed by atoms with Crippen molar-refractivity contribution in [3.63, 3.8) is 0 Å². The smallest absolute Gasteiger partial charge is 0.0737 e. The van der Waals surface area contributed by atoms with Gasteiger partial charge >= 0.3 is 0 Å². The van der Waals surface area contributed by atoms with Gasteiger partial charge in [0.1, 0.15) is 0 Å². The molecule has 2 N–H and O–H groups in total. The highest BCUT2D eigenvalue weighted by Crippen LogP contribution is 2.28. The van der Waals surface area contributed by atoms with Crippen molar-refractivity contribution in [1.82, 2.24) is 9.88 Å². The molecule has 0 bridgehead atoms. The van der Waals surface area contributed by atoms with Gasteiger partial charge in [0.25, 0.3) is 0 Å². The fourth-order valence-electron chi connectivity index (χ4n) is 2.93. The molecular weight excluding hydrogens is 284 g/mol. The number of anilines is 1. The lowest BCUT2D eigenvalue weighted by atomic mass is 10.1. The molecule has 1 aliphatic heterocycles. The van der Waals surface area contributed by atoms with Gasteiger partial charge in [0.05, 0.1) is 5.52 Å². The number of hydrogen-bond donors (Lipinski definition) is 1. The summed E-state index contributed by atoms with van der Waals surface area (Å²) in [7, 11) is 0. The highest BCUT2D eigenvalue weighted by molar-refractivity contribution is 6.31. The van der Waals surface area contributed by atoms with Gasteiger partial charge in [-0.05, 0) is 31.2 Å². The summed E-state index contributed by atoms with van der Waals surface area (Å²) in [5.41, 5.74) is 7.96. The average Bonchev–Trinajstić information content (AvgIpc) is 2.53. The van der Waals surface area contributed by atoms with E-state index in [1.807, 2.05) is 18.3 Å². The van der Waals surface area contributed by atoms with Crippen LogP contribution in [0.25, 0.3) is 10.9 Å². The summed E-state index contributed by atoms with van der Waals surface area (Å²) in [6, 6.07) is 8.47. The third kappa shape index (κ3) is 2.98. The maximum Gasteiger partial charge on any atom is 0.0737 e. The first-order valence-corrected chi connectivity index (χ1v) is 7.80. The summed E-state index contributed by atoms with van der Waals surface area (Å²) >= 11 is 6.05. The van der Waals surface area contributed by atoms with Crippen molar-refractivity contribution in [3.05, 3.63) is 35.5 Å². The molecule has 1 aromatic carbocycles. The highest BCUT2D eigenvalue weighted by Gasteiger charge is 2.21. The van der Waals surface area contributed by atoms with Gasteiger partial charge in [-0.1, -0.05) is 11.6 Å². The number of benzene rings is 1. The first kappa shape index (κ1) is 14.6. The molecule has 1 saturated heterocycles. The molecule has 0 spiro atoms. The van der Waals surface area contributed by atoms with E-state index in [4.69, 9.17) is 17.3 Å². The molecule has 0 saturated carbocycles. The minimum absolute atomic E-state index is 0.458. The molecule has 112 valence electrons. The molecule has 1 aromatic heterocycles. The van der Waals surface area contributed by atoms with E-state index in [0.717, 1.165) is 43.3 Å². The van der Waals surface area contributed by atoms with Crippen LogP contribution in [0.3, 0.4) is 0 Å². The Bertz CT molecular complexity index is 623. The van der Waals surface area contributed by atoms with Gasteiger partial charge in [0.15, 0.2) is 0 Å². The lowest BCUT2D eigenvalue weighted by Crippen LogP contribution is -2.51. The molecule has 3 rings (SSSR count). The second kappa shape index (κ2) is 6.18. The van der Waals surface area contributed by atoms with E-state index in [9.17, 15) is 0 Å². The van der Waals surface area contributed by atoms with Crippen LogP contribution >= 0.6 is 11.6 Å². The number of halogens is 1. The first-order valence-electron chi connectivity index (χ1n) is 7.42. The van der Waals surface area contributed by atoms with E-state index in [1.165, 1.54) is 11.1 Å². The molecule has 0 amide bonds. The van der Waals surface area contributed by atoms with Crippen LogP contribution in [0.4, 0.5) is 5.69 Å². The van der Waals surface area contributed by atoms with Gasteiger partial charge in [-0.25, -0.2) is 0 Å².